The van der Waals surface area contributed by atoms with Crippen molar-refractivity contribution in [3.8, 4) is 0 Å². The highest BCUT2D eigenvalue weighted by Gasteiger charge is 2.34. The Morgan fingerprint density at radius 2 is 1.71 bits per heavy atom. The molecule has 0 aliphatic carbocycles. The molecular formula is C26H24N4O. The van der Waals surface area contributed by atoms with Crippen LogP contribution in [0.25, 0.3) is 11.0 Å². The molecule has 4 aromatic rings. The number of nitrogens with zero attached hydrogens (tertiary/aromatic N) is 2. The molecule has 5 rings (SSSR count). The first-order valence-corrected chi connectivity index (χ1v) is 10.6. The number of rotatable bonds is 4. The maximum atomic E-state index is 13.5. The lowest BCUT2D eigenvalue weighted by molar-refractivity contribution is -0.113. The van der Waals surface area contributed by atoms with Crippen LogP contribution in [0.2, 0.25) is 0 Å². The lowest BCUT2D eigenvalue weighted by atomic mass is 9.93. The topological polar surface area (TPSA) is 59.0 Å². The first-order chi connectivity index (χ1) is 15.2. The van der Waals surface area contributed by atoms with Crippen LogP contribution in [0.1, 0.15) is 31.0 Å². The monoisotopic (exact) mass is 408 g/mol. The Morgan fingerprint density at radius 3 is 2.45 bits per heavy atom. The second-order valence-corrected chi connectivity index (χ2v) is 7.78. The molecule has 2 N–H and O–H groups in total. The predicted molar refractivity (Wildman–Crippen MR) is 125 cm³/mol. The third kappa shape index (κ3) is 3.38. The van der Waals surface area contributed by atoms with Gasteiger partial charge in [0.25, 0.3) is 5.91 Å². The van der Waals surface area contributed by atoms with Crippen LogP contribution in [-0.4, -0.2) is 15.5 Å². The number of para-hydroxylation sites is 3. The number of aryl methyl sites for hydroxylation is 1. The number of allylic oxidation sites excluding steroid dienone is 1. The van der Waals surface area contributed by atoms with Crippen molar-refractivity contribution in [1.29, 1.82) is 0 Å². The molecule has 3 aromatic carbocycles. The molecule has 1 unspecified atom stereocenters. The lowest BCUT2D eigenvalue weighted by Crippen LogP contribution is -2.30. The summed E-state index contributed by atoms with van der Waals surface area (Å²) in [6, 6.07) is 25.8. The van der Waals surface area contributed by atoms with Crippen LogP contribution >= 0.6 is 0 Å². The average Bonchev–Trinajstić information content (AvgIpc) is 3.16. The third-order valence-electron chi connectivity index (χ3n) is 5.81. The van der Waals surface area contributed by atoms with Crippen molar-refractivity contribution < 1.29 is 4.79 Å². The van der Waals surface area contributed by atoms with Gasteiger partial charge in [0.2, 0.25) is 5.95 Å². The highest BCUT2D eigenvalue weighted by Crippen LogP contribution is 2.39. The SMILES string of the molecule is CCc1ccc(C2C(C(=O)Nc3ccccc3)=C(C)Nc3nc4ccccc4n32)cc1. The molecule has 1 aliphatic heterocycles. The van der Waals surface area contributed by atoms with E-state index in [0.717, 1.165) is 40.4 Å². The van der Waals surface area contributed by atoms with Gasteiger partial charge < -0.3 is 10.6 Å². The van der Waals surface area contributed by atoms with E-state index in [1.54, 1.807) is 0 Å². The van der Waals surface area contributed by atoms with E-state index in [1.807, 2.05) is 61.5 Å². The number of nitrogens with one attached hydrogen (secondary N) is 2. The van der Waals surface area contributed by atoms with Gasteiger partial charge in [-0.25, -0.2) is 4.98 Å². The first-order valence-electron chi connectivity index (χ1n) is 10.6. The van der Waals surface area contributed by atoms with Crippen LogP contribution in [-0.2, 0) is 11.2 Å². The first kappa shape index (κ1) is 19.1. The molecule has 5 heteroatoms. The molecule has 1 aliphatic rings. The van der Waals surface area contributed by atoms with Gasteiger partial charge in [0.05, 0.1) is 22.6 Å². The molecule has 2 heterocycles. The molecule has 0 fully saturated rings. The van der Waals surface area contributed by atoms with Gasteiger partial charge in [-0.3, -0.25) is 9.36 Å². The van der Waals surface area contributed by atoms with Gasteiger partial charge in [0.1, 0.15) is 0 Å². The van der Waals surface area contributed by atoms with Crippen LogP contribution in [0.4, 0.5) is 11.6 Å². The average molecular weight is 409 g/mol. The van der Waals surface area contributed by atoms with Gasteiger partial charge in [-0.05, 0) is 48.7 Å². The number of aromatic nitrogens is 2. The molecule has 1 atom stereocenters. The van der Waals surface area contributed by atoms with Crippen molar-refractivity contribution in [2.24, 2.45) is 0 Å². The molecule has 154 valence electrons. The summed E-state index contributed by atoms with van der Waals surface area (Å²) >= 11 is 0. The van der Waals surface area contributed by atoms with Crippen molar-refractivity contribution in [3.63, 3.8) is 0 Å². The Balaban J connectivity index is 1.66. The highest BCUT2D eigenvalue weighted by atomic mass is 16.1. The molecule has 0 spiro atoms. The minimum Gasteiger partial charge on any atom is -0.329 e. The van der Waals surface area contributed by atoms with E-state index in [-0.39, 0.29) is 11.9 Å². The van der Waals surface area contributed by atoms with Crippen molar-refractivity contribution >= 4 is 28.6 Å². The van der Waals surface area contributed by atoms with Crippen molar-refractivity contribution in [2.45, 2.75) is 26.3 Å². The third-order valence-corrected chi connectivity index (χ3v) is 5.81. The van der Waals surface area contributed by atoms with Gasteiger partial charge in [0, 0.05) is 11.4 Å². The standard InChI is InChI=1S/C26H24N4O/c1-3-18-13-15-19(16-14-18)24-23(25(31)28-20-9-5-4-6-10-20)17(2)27-26-29-21-11-7-8-12-22(21)30(24)26/h4-16,24H,3H2,1-2H3,(H,27,29)(H,28,31). The van der Waals surface area contributed by atoms with Gasteiger partial charge in [0.15, 0.2) is 0 Å². The quantitative estimate of drug-likeness (QED) is 0.467. The summed E-state index contributed by atoms with van der Waals surface area (Å²) in [6.07, 6.45) is 0.974. The summed E-state index contributed by atoms with van der Waals surface area (Å²) < 4.78 is 2.13. The van der Waals surface area contributed by atoms with Crippen molar-refractivity contribution in [3.05, 3.63) is 101 Å². The van der Waals surface area contributed by atoms with Gasteiger partial charge in [-0.15, -0.1) is 0 Å². The van der Waals surface area contributed by atoms with E-state index in [1.165, 1.54) is 5.56 Å². The lowest BCUT2D eigenvalue weighted by Gasteiger charge is -2.31. The molecule has 0 saturated heterocycles. The van der Waals surface area contributed by atoms with E-state index >= 15 is 0 Å². The Morgan fingerprint density at radius 1 is 1.00 bits per heavy atom. The van der Waals surface area contributed by atoms with Crippen LogP contribution in [0.5, 0.6) is 0 Å². The molecular weight excluding hydrogens is 384 g/mol. The zero-order chi connectivity index (χ0) is 21.4. The number of fused-ring (bicyclic) bond motifs is 3. The molecule has 1 aromatic heterocycles. The van der Waals surface area contributed by atoms with Gasteiger partial charge >= 0.3 is 0 Å². The summed E-state index contributed by atoms with van der Waals surface area (Å²) in [6.45, 7) is 4.08. The maximum absolute atomic E-state index is 13.5. The Bertz CT molecular complexity index is 1290. The van der Waals surface area contributed by atoms with Gasteiger partial charge in [-0.2, -0.15) is 0 Å². The molecule has 5 nitrogen and oxygen atoms in total. The normalized spacial score (nSPS) is 15.5. The Kier molecular flexibility index (Phi) is 4.79. The minimum absolute atomic E-state index is 0.121. The fourth-order valence-corrected chi connectivity index (χ4v) is 4.23. The van der Waals surface area contributed by atoms with E-state index in [4.69, 9.17) is 4.98 Å². The molecule has 0 saturated carbocycles. The molecule has 0 radical (unpaired) electrons. The highest BCUT2D eigenvalue weighted by molar-refractivity contribution is 6.06. The van der Waals surface area contributed by atoms with Crippen LogP contribution in [0, 0.1) is 0 Å². The second-order valence-electron chi connectivity index (χ2n) is 7.78. The van der Waals surface area contributed by atoms with Crippen molar-refractivity contribution in [1.82, 2.24) is 9.55 Å². The Labute approximate surface area is 181 Å². The number of carbonyl (C=O) groups excluding carboxylic acids is 1. The summed E-state index contributed by atoms with van der Waals surface area (Å²) in [7, 11) is 0. The largest absolute Gasteiger partial charge is 0.329 e. The number of imidazole rings is 1. The van der Waals surface area contributed by atoms with E-state index < -0.39 is 0 Å². The van der Waals surface area contributed by atoms with Crippen LogP contribution < -0.4 is 10.6 Å². The number of anilines is 2. The fourth-order valence-electron chi connectivity index (χ4n) is 4.23. The van der Waals surface area contributed by atoms with Gasteiger partial charge in [-0.1, -0.05) is 61.5 Å². The number of hydrogen-bond acceptors (Lipinski definition) is 3. The summed E-state index contributed by atoms with van der Waals surface area (Å²) in [5, 5.41) is 6.42. The van der Waals surface area contributed by atoms with Crippen LogP contribution in [0.15, 0.2) is 90.1 Å². The summed E-state index contributed by atoms with van der Waals surface area (Å²) in [5.74, 6) is 0.628. The smallest absolute Gasteiger partial charge is 0.255 e. The number of amides is 1. The van der Waals surface area contributed by atoms with Crippen LogP contribution in [0.3, 0.4) is 0 Å². The zero-order valence-electron chi connectivity index (χ0n) is 17.6. The maximum Gasteiger partial charge on any atom is 0.255 e. The second kappa shape index (κ2) is 7.76. The zero-order valence-corrected chi connectivity index (χ0v) is 17.6. The number of carbonyl (C=O) groups is 1. The van der Waals surface area contributed by atoms with Crippen molar-refractivity contribution in [2.75, 3.05) is 10.6 Å². The number of hydrogen-bond donors (Lipinski definition) is 2. The summed E-state index contributed by atoms with van der Waals surface area (Å²) in [4.78, 5) is 18.3. The predicted octanol–water partition coefficient (Wildman–Crippen LogP) is 5.53. The number of benzene rings is 3. The van der Waals surface area contributed by atoms with E-state index in [2.05, 4.69) is 46.4 Å². The van der Waals surface area contributed by atoms with E-state index in [0.29, 0.717) is 5.57 Å². The molecule has 31 heavy (non-hydrogen) atoms. The summed E-state index contributed by atoms with van der Waals surface area (Å²) in [5.41, 5.74) is 6.48. The van der Waals surface area contributed by atoms with E-state index in [9.17, 15) is 4.79 Å². The Hall–Kier alpha value is -3.86. The fraction of sp³-hybridized carbons (Fsp3) is 0.154. The minimum atomic E-state index is -0.279. The molecule has 1 amide bonds. The molecule has 0 bridgehead atoms.